The molecule has 8 nitrogen and oxygen atoms in total. The first-order valence-corrected chi connectivity index (χ1v) is 20.9. The molecule has 0 saturated carbocycles. The van der Waals surface area contributed by atoms with E-state index in [0.717, 1.165) is 87.7 Å². The highest BCUT2D eigenvalue weighted by Crippen LogP contribution is 2.50. The van der Waals surface area contributed by atoms with Gasteiger partial charge in [-0.05, 0) is 24.3 Å². The number of aromatic nitrogens is 4. The summed E-state index contributed by atoms with van der Waals surface area (Å²) in [6.07, 6.45) is 9.13. The zero-order valence-electron chi connectivity index (χ0n) is 27.5. The molecule has 6 rings (SSSR count). The maximum absolute atomic E-state index is 8.82. The standard InChI is InChI=1S/2C18H14N4S2.CHCl3/c2*19-7-3-11-23-18(24-12-4-8-20)15-13-5-1-9-21-16(13)17-14(15)6-2-10-22-17;2-1(3)4/h2*1-2,5-6,9-10H,3-4,11-12H2;1H. The summed E-state index contributed by atoms with van der Waals surface area (Å²) in [6.45, 7) is 0. The molecular formula is C37H29Cl3N8S4. The van der Waals surface area contributed by atoms with Gasteiger partial charge in [-0.1, -0.05) is 59.1 Å². The number of alkyl halides is 3. The number of nitriles is 4. The van der Waals surface area contributed by atoms with Crippen molar-refractivity contribution in [3.8, 4) is 47.1 Å². The Bertz CT molecular complexity index is 1790. The maximum Gasteiger partial charge on any atom is 0.180 e. The molecule has 2 aliphatic carbocycles. The third kappa shape index (κ3) is 11.2. The smallest absolute Gasteiger partial charge is 0.180 e. The average molecular weight is 820 g/mol. The van der Waals surface area contributed by atoms with Crippen LogP contribution in [0.2, 0.25) is 0 Å². The Balaban J connectivity index is 0.000000211. The van der Waals surface area contributed by atoms with Gasteiger partial charge in [0.15, 0.2) is 4.30 Å². The SMILES string of the molecule is ClC(Cl)Cl.N#CCCSC(SCCC#N)=C1c2cccnc2-c2ncccc21.N#CCCSC(SCCC#N)=C1c2cccnc2-c2ncccc21. The molecule has 0 radical (unpaired) electrons. The van der Waals surface area contributed by atoms with Crippen LogP contribution in [-0.4, -0.2) is 47.2 Å². The monoisotopic (exact) mass is 818 g/mol. The maximum atomic E-state index is 8.82. The molecule has 0 bridgehead atoms. The van der Waals surface area contributed by atoms with E-state index in [1.165, 1.54) is 0 Å². The number of nitrogens with zero attached hydrogens (tertiary/aromatic N) is 8. The minimum Gasteiger partial charge on any atom is -0.254 e. The normalized spacial score (nSPS) is 11.2. The van der Waals surface area contributed by atoms with E-state index in [-0.39, 0.29) is 0 Å². The Hall–Kier alpha value is -3.69. The summed E-state index contributed by atoms with van der Waals surface area (Å²) in [6, 6.07) is 24.7. The number of thioether (sulfide) groups is 4. The van der Waals surface area contributed by atoms with E-state index in [0.29, 0.717) is 25.7 Å². The quantitative estimate of drug-likeness (QED) is 0.0855. The molecule has 262 valence electrons. The molecule has 0 unspecified atom stereocenters. The summed E-state index contributed by atoms with van der Waals surface area (Å²) in [5.74, 6) is 2.94. The first kappa shape index (κ1) is 41.1. The number of halogens is 3. The second kappa shape index (κ2) is 22.4. The highest BCUT2D eigenvalue weighted by atomic mass is 35.6. The highest BCUT2D eigenvalue weighted by molar-refractivity contribution is 8.22. The minimum absolute atomic E-state index is 0.500. The second-order valence-corrected chi connectivity index (χ2v) is 17.1. The van der Waals surface area contributed by atoms with Crippen LogP contribution in [0, 0.1) is 45.3 Å². The molecule has 2 aliphatic rings. The fourth-order valence-corrected chi connectivity index (χ4v) is 9.68. The Morgan fingerprint density at radius 3 is 0.923 bits per heavy atom. The van der Waals surface area contributed by atoms with Crippen LogP contribution in [0.25, 0.3) is 33.9 Å². The van der Waals surface area contributed by atoms with Crippen LogP contribution in [0.15, 0.2) is 81.8 Å². The van der Waals surface area contributed by atoms with E-state index in [2.05, 4.69) is 68.5 Å². The molecule has 52 heavy (non-hydrogen) atoms. The van der Waals surface area contributed by atoms with Gasteiger partial charge in [-0.25, -0.2) is 0 Å². The van der Waals surface area contributed by atoms with Gasteiger partial charge in [-0.15, -0.1) is 47.0 Å². The van der Waals surface area contributed by atoms with Gasteiger partial charge < -0.3 is 0 Å². The molecule has 0 fully saturated rings. The molecule has 0 amide bonds. The van der Waals surface area contributed by atoms with Crippen LogP contribution in [0.3, 0.4) is 0 Å². The van der Waals surface area contributed by atoms with E-state index in [4.69, 9.17) is 55.9 Å². The third-order valence-corrected chi connectivity index (χ3v) is 11.9. The van der Waals surface area contributed by atoms with E-state index < -0.39 is 4.30 Å². The van der Waals surface area contributed by atoms with E-state index in [9.17, 15) is 0 Å². The predicted octanol–water partition coefficient (Wildman–Crippen LogP) is 10.9. The zero-order valence-corrected chi connectivity index (χ0v) is 33.0. The third-order valence-electron chi connectivity index (χ3n) is 6.95. The first-order chi connectivity index (χ1) is 25.5. The molecule has 0 aromatic carbocycles. The summed E-state index contributed by atoms with van der Waals surface area (Å²) in [7, 11) is 0. The van der Waals surface area contributed by atoms with Crippen molar-refractivity contribution in [3.05, 3.63) is 104 Å². The summed E-state index contributed by atoms with van der Waals surface area (Å²) >= 11 is 21.1. The first-order valence-electron chi connectivity index (χ1n) is 15.7. The van der Waals surface area contributed by atoms with Gasteiger partial charge in [-0.3, -0.25) is 19.9 Å². The van der Waals surface area contributed by atoms with Crippen LogP contribution in [0.1, 0.15) is 47.9 Å². The summed E-state index contributed by atoms with van der Waals surface area (Å²) in [5.41, 5.74) is 10.2. The Kier molecular flexibility index (Phi) is 17.7. The highest BCUT2D eigenvalue weighted by Gasteiger charge is 2.29. The number of pyridine rings is 4. The Labute approximate surface area is 335 Å². The van der Waals surface area contributed by atoms with Gasteiger partial charge in [0.1, 0.15) is 0 Å². The van der Waals surface area contributed by atoms with Crippen molar-refractivity contribution in [3.63, 3.8) is 0 Å². The fraction of sp³-hybridized carbons (Fsp3) is 0.243. The number of rotatable bonds is 12. The van der Waals surface area contributed by atoms with E-state index in [1.807, 2.05) is 24.3 Å². The lowest BCUT2D eigenvalue weighted by Gasteiger charge is -2.11. The summed E-state index contributed by atoms with van der Waals surface area (Å²) in [4.78, 5) is 18.0. The Morgan fingerprint density at radius 1 is 0.481 bits per heavy atom. The average Bonchev–Trinajstić information content (AvgIpc) is 3.67. The molecule has 0 saturated heterocycles. The number of hydrogen-bond donors (Lipinski definition) is 0. The van der Waals surface area contributed by atoms with Crippen molar-refractivity contribution in [1.29, 1.82) is 21.0 Å². The van der Waals surface area contributed by atoms with Gasteiger partial charge in [-0.2, -0.15) is 21.0 Å². The molecular weight excluding hydrogens is 791 g/mol. The van der Waals surface area contributed by atoms with Gasteiger partial charge in [0, 0.05) is 115 Å². The van der Waals surface area contributed by atoms with Crippen molar-refractivity contribution in [2.24, 2.45) is 0 Å². The van der Waals surface area contributed by atoms with Crippen LogP contribution in [0.5, 0.6) is 0 Å². The van der Waals surface area contributed by atoms with Crippen molar-refractivity contribution < 1.29 is 0 Å². The molecule has 0 N–H and O–H groups in total. The molecule has 0 aliphatic heterocycles. The van der Waals surface area contributed by atoms with Gasteiger partial charge in [0.2, 0.25) is 0 Å². The molecule has 4 aromatic rings. The van der Waals surface area contributed by atoms with Crippen LogP contribution >= 0.6 is 81.9 Å². The van der Waals surface area contributed by atoms with E-state index in [1.54, 1.807) is 71.8 Å². The van der Waals surface area contributed by atoms with Crippen molar-refractivity contribution in [2.75, 3.05) is 23.0 Å². The Morgan fingerprint density at radius 2 is 0.712 bits per heavy atom. The van der Waals surface area contributed by atoms with Crippen LogP contribution in [0.4, 0.5) is 0 Å². The van der Waals surface area contributed by atoms with Crippen molar-refractivity contribution in [1.82, 2.24) is 19.9 Å². The van der Waals surface area contributed by atoms with Gasteiger partial charge >= 0.3 is 0 Å². The number of fused-ring (bicyclic) bond motifs is 6. The topological polar surface area (TPSA) is 147 Å². The predicted molar refractivity (Wildman–Crippen MR) is 219 cm³/mol. The van der Waals surface area contributed by atoms with Crippen LogP contribution in [-0.2, 0) is 0 Å². The van der Waals surface area contributed by atoms with Crippen LogP contribution < -0.4 is 0 Å². The lowest BCUT2D eigenvalue weighted by molar-refractivity contribution is 1.24. The number of hydrogen-bond acceptors (Lipinski definition) is 12. The van der Waals surface area contributed by atoms with Gasteiger partial charge in [0.05, 0.1) is 47.1 Å². The van der Waals surface area contributed by atoms with Crippen molar-refractivity contribution in [2.45, 2.75) is 30.0 Å². The molecule has 0 spiro atoms. The lowest BCUT2D eigenvalue weighted by atomic mass is 10.1. The largest absolute Gasteiger partial charge is 0.254 e. The molecule has 0 atom stereocenters. The molecule has 4 heterocycles. The fourth-order valence-electron chi connectivity index (χ4n) is 5.04. The second-order valence-electron chi connectivity index (χ2n) is 10.2. The molecule has 15 heteroatoms. The van der Waals surface area contributed by atoms with E-state index >= 15 is 0 Å². The summed E-state index contributed by atoms with van der Waals surface area (Å²) < 4.78 is 1.53. The van der Waals surface area contributed by atoms with Gasteiger partial charge in [0.25, 0.3) is 0 Å². The minimum atomic E-state index is -0.750. The molecule has 4 aromatic heterocycles. The lowest BCUT2D eigenvalue weighted by Crippen LogP contribution is -1.89. The van der Waals surface area contributed by atoms with Crippen molar-refractivity contribution >= 4 is 93.0 Å². The zero-order chi connectivity index (χ0) is 37.1. The summed E-state index contributed by atoms with van der Waals surface area (Å²) in [5, 5.41) is 35.3.